The Morgan fingerprint density at radius 2 is 2.21 bits per heavy atom. The highest BCUT2D eigenvalue weighted by Gasteiger charge is 2.20. The fourth-order valence-electron chi connectivity index (χ4n) is 1.88. The van der Waals surface area contributed by atoms with Crippen molar-refractivity contribution >= 4 is 5.69 Å². The van der Waals surface area contributed by atoms with Gasteiger partial charge in [-0.05, 0) is 19.1 Å². The monoisotopic (exact) mass is 194 g/mol. The Bertz CT molecular complexity index is 314. The number of para-hydroxylation sites is 1. The van der Waals surface area contributed by atoms with E-state index in [1.807, 2.05) is 12.1 Å². The third-order valence-corrected chi connectivity index (χ3v) is 2.66. The van der Waals surface area contributed by atoms with E-state index in [1.165, 1.54) is 6.07 Å². The molecule has 0 amide bonds. The van der Waals surface area contributed by atoms with Crippen LogP contribution >= 0.6 is 0 Å². The van der Waals surface area contributed by atoms with Crippen LogP contribution in [0.3, 0.4) is 0 Å². The summed E-state index contributed by atoms with van der Waals surface area (Å²) in [5, 5.41) is 3.29. The van der Waals surface area contributed by atoms with Crippen LogP contribution in [0.2, 0.25) is 0 Å². The van der Waals surface area contributed by atoms with Crippen LogP contribution in [0, 0.1) is 5.82 Å². The van der Waals surface area contributed by atoms with E-state index in [-0.39, 0.29) is 5.82 Å². The third-order valence-electron chi connectivity index (χ3n) is 2.66. The first-order valence-electron chi connectivity index (χ1n) is 5.01. The topological polar surface area (TPSA) is 15.3 Å². The Morgan fingerprint density at radius 1 is 1.43 bits per heavy atom. The molecule has 1 saturated heterocycles. The molecule has 1 aromatic carbocycles. The number of piperazine rings is 1. The molecule has 2 rings (SSSR count). The van der Waals surface area contributed by atoms with Gasteiger partial charge in [-0.2, -0.15) is 0 Å². The zero-order valence-corrected chi connectivity index (χ0v) is 8.33. The molecule has 14 heavy (non-hydrogen) atoms. The largest absolute Gasteiger partial charge is 0.364 e. The number of hydrogen-bond acceptors (Lipinski definition) is 2. The summed E-state index contributed by atoms with van der Waals surface area (Å²) in [7, 11) is 0. The van der Waals surface area contributed by atoms with Crippen LogP contribution in [0.1, 0.15) is 6.92 Å². The van der Waals surface area contributed by atoms with Gasteiger partial charge in [-0.25, -0.2) is 4.39 Å². The Labute approximate surface area is 83.7 Å². The van der Waals surface area contributed by atoms with E-state index in [2.05, 4.69) is 17.1 Å². The Kier molecular flexibility index (Phi) is 2.68. The molecule has 0 bridgehead atoms. The summed E-state index contributed by atoms with van der Waals surface area (Å²) < 4.78 is 13.5. The summed E-state index contributed by atoms with van der Waals surface area (Å²) in [6, 6.07) is 7.33. The number of anilines is 1. The molecule has 1 aromatic rings. The van der Waals surface area contributed by atoms with Gasteiger partial charge in [0, 0.05) is 25.7 Å². The van der Waals surface area contributed by atoms with Crippen molar-refractivity contribution < 1.29 is 4.39 Å². The van der Waals surface area contributed by atoms with Gasteiger partial charge in [0.15, 0.2) is 0 Å². The van der Waals surface area contributed by atoms with Crippen LogP contribution in [-0.4, -0.2) is 25.7 Å². The van der Waals surface area contributed by atoms with Gasteiger partial charge in [0.25, 0.3) is 0 Å². The summed E-state index contributed by atoms with van der Waals surface area (Å²) in [4.78, 5) is 2.12. The van der Waals surface area contributed by atoms with Crippen LogP contribution in [0.5, 0.6) is 0 Å². The molecular formula is C11H15FN2. The molecule has 1 aliphatic rings. The first-order chi connectivity index (χ1) is 6.79. The van der Waals surface area contributed by atoms with Gasteiger partial charge >= 0.3 is 0 Å². The van der Waals surface area contributed by atoms with Crippen molar-refractivity contribution in [1.82, 2.24) is 5.32 Å². The molecule has 0 saturated carbocycles. The van der Waals surface area contributed by atoms with Crippen LogP contribution in [0.25, 0.3) is 0 Å². The van der Waals surface area contributed by atoms with Gasteiger partial charge in [0.2, 0.25) is 0 Å². The number of nitrogens with one attached hydrogen (secondary N) is 1. The first-order valence-corrected chi connectivity index (χ1v) is 5.01. The van der Waals surface area contributed by atoms with Crippen molar-refractivity contribution in [2.75, 3.05) is 24.5 Å². The van der Waals surface area contributed by atoms with Gasteiger partial charge in [-0.1, -0.05) is 12.1 Å². The molecule has 0 spiro atoms. The lowest BCUT2D eigenvalue weighted by Crippen LogP contribution is -2.50. The van der Waals surface area contributed by atoms with Crippen LogP contribution < -0.4 is 10.2 Å². The van der Waals surface area contributed by atoms with Crippen LogP contribution in [0.4, 0.5) is 10.1 Å². The molecule has 0 aromatic heterocycles. The average Bonchev–Trinajstić information content (AvgIpc) is 2.20. The van der Waals surface area contributed by atoms with Gasteiger partial charge in [-0.15, -0.1) is 0 Å². The maximum Gasteiger partial charge on any atom is 0.146 e. The molecule has 2 nitrogen and oxygen atoms in total. The fourth-order valence-corrected chi connectivity index (χ4v) is 1.88. The SMILES string of the molecule is C[C@@H]1CNCCN1c1ccccc1F. The van der Waals surface area contributed by atoms with Crippen LogP contribution in [-0.2, 0) is 0 Å². The summed E-state index contributed by atoms with van der Waals surface area (Å²) in [6.07, 6.45) is 0. The summed E-state index contributed by atoms with van der Waals surface area (Å²) in [5.74, 6) is -0.124. The molecule has 76 valence electrons. The van der Waals surface area contributed by atoms with Crippen LogP contribution in [0.15, 0.2) is 24.3 Å². The fraction of sp³-hybridized carbons (Fsp3) is 0.455. The minimum atomic E-state index is -0.124. The van der Waals surface area contributed by atoms with Crippen molar-refractivity contribution in [3.8, 4) is 0 Å². The first kappa shape index (κ1) is 9.46. The highest BCUT2D eigenvalue weighted by Crippen LogP contribution is 2.21. The highest BCUT2D eigenvalue weighted by molar-refractivity contribution is 5.49. The zero-order valence-electron chi connectivity index (χ0n) is 8.33. The molecule has 1 aliphatic heterocycles. The quantitative estimate of drug-likeness (QED) is 0.731. The van der Waals surface area contributed by atoms with Gasteiger partial charge < -0.3 is 10.2 Å². The molecule has 3 heteroatoms. The van der Waals surface area contributed by atoms with E-state index in [9.17, 15) is 4.39 Å². The molecule has 0 unspecified atom stereocenters. The van der Waals surface area contributed by atoms with E-state index < -0.39 is 0 Å². The summed E-state index contributed by atoms with van der Waals surface area (Å²) in [5.41, 5.74) is 0.724. The number of nitrogens with zero attached hydrogens (tertiary/aromatic N) is 1. The van der Waals surface area contributed by atoms with Crippen molar-refractivity contribution in [2.45, 2.75) is 13.0 Å². The second kappa shape index (κ2) is 3.96. The molecule has 1 fully saturated rings. The average molecular weight is 194 g/mol. The minimum Gasteiger partial charge on any atom is -0.364 e. The minimum absolute atomic E-state index is 0.124. The lowest BCUT2D eigenvalue weighted by molar-refractivity contribution is 0.491. The van der Waals surface area contributed by atoms with Gasteiger partial charge in [-0.3, -0.25) is 0 Å². The second-order valence-corrected chi connectivity index (χ2v) is 3.70. The van der Waals surface area contributed by atoms with Gasteiger partial charge in [0.1, 0.15) is 5.82 Å². The van der Waals surface area contributed by atoms with Crippen molar-refractivity contribution in [3.63, 3.8) is 0 Å². The van der Waals surface area contributed by atoms with Crippen molar-refractivity contribution in [2.24, 2.45) is 0 Å². The highest BCUT2D eigenvalue weighted by atomic mass is 19.1. The number of benzene rings is 1. The summed E-state index contributed by atoms with van der Waals surface area (Å²) >= 11 is 0. The molecule has 1 N–H and O–H groups in total. The Hall–Kier alpha value is -1.09. The second-order valence-electron chi connectivity index (χ2n) is 3.70. The van der Waals surface area contributed by atoms with E-state index in [1.54, 1.807) is 6.07 Å². The van der Waals surface area contributed by atoms with E-state index in [0.29, 0.717) is 6.04 Å². The molecular weight excluding hydrogens is 179 g/mol. The van der Waals surface area contributed by atoms with E-state index in [4.69, 9.17) is 0 Å². The molecule has 0 radical (unpaired) electrons. The maximum atomic E-state index is 13.5. The Morgan fingerprint density at radius 3 is 2.93 bits per heavy atom. The number of halogens is 1. The third kappa shape index (κ3) is 1.73. The molecule has 1 heterocycles. The summed E-state index contributed by atoms with van der Waals surface area (Å²) in [6.45, 7) is 4.84. The lowest BCUT2D eigenvalue weighted by atomic mass is 10.2. The zero-order chi connectivity index (χ0) is 9.97. The molecule has 0 aliphatic carbocycles. The van der Waals surface area contributed by atoms with Crippen molar-refractivity contribution in [3.05, 3.63) is 30.1 Å². The Balaban J connectivity index is 2.25. The standard InChI is InChI=1S/C11H15FN2/c1-9-8-13-6-7-14(9)11-5-3-2-4-10(11)12/h2-5,9,13H,6-8H2,1H3/t9-/m1/s1. The van der Waals surface area contributed by atoms with E-state index in [0.717, 1.165) is 25.3 Å². The lowest BCUT2D eigenvalue weighted by Gasteiger charge is -2.35. The number of rotatable bonds is 1. The van der Waals surface area contributed by atoms with E-state index >= 15 is 0 Å². The predicted octanol–water partition coefficient (Wildman–Crippen LogP) is 1.62. The van der Waals surface area contributed by atoms with Gasteiger partial charge in [0.05, 0.1) is 5.69 Å². The van der Waals surface area contributed by atoms with Crippen molar-refractivity contribution in [1.29, 1.82) is 0 Å². The number of hydrogen-bond donors (Lipinski definition) is 1. The smallest absolute Gasteiger partial charge is 0.146 e. The normalized spacial score (nSPS) is 22.4. The maximum absolute atomic E-state index is 13.5. The molecule has 1 atom stereocenters. The predicted molar refractivity (Wildman–Crippen MR) is 56.1 cm³/mol.